The van der Waals surface area contributed by atoms with E-state index in [2.05, 4.69) is 5.10 Å². The Labute approximate surface area is 145 Å². The number of morpholine rings is 1. The molecule has 0 N–H and O–H groups in total. The third-order valence-electron chi connectivity index (χ3n) is 4.65. The maximum atomic E-state index is 12.5. The van der Waals surface area contributed by atoms with Gasteiger partial charge in [-0.3, -0.25) is 14.5 Å². The number of hydrogen-bond donors (Lipinski definition) is 0. The molecule has 3 heterocycles. The van der Waals surface area contributed by atoms with Gasteiger partial charge in [-0.05, 0) is 17.7 Å². The number of benzene rings is 1. The number of hydrogen-bond acceptors (Lipinski definition) is 4. The molecule has 0 radical (unpaired) electrons. The average Bonchev–Trinajstić information content (AvgIpc) is 3.14. The summed E-state index contributed by atoms with van der Waals surface area (Å²) in [5, 5.41) is 4.23. The number of carbonyl (C=O) groups is 2. The van der Waals surface area contributed by atoms with Crippen molar-refractivity contribution in [3.05, 3.63) is 47.7 Å². The van der Waals surface area contributed by atoms with Crippen LogP contribution in [-0.4, -0.2) is 52.8 Å². The van der Waals surface area contributed by atoms with Crippen molar-refractivity contribution in [3.63, 3.8) is 0 Å². The molecule has 0 saturated carbocycles. The molecule has 2 aromatic rings. The summed E-state index contributed by atoms with van der Waals surface area (Å²) in [6.07, 6.45) is 2.17. The van der Waals surface area contributed by atoms with Gasteiger partial charge in [0.25, 0.3) is 5.91 Å². The lowest BCUT2D eigenvalue weighted by Crippen LogP contribution is -2.40. The first-order chi connectivity index (χ1) is 12.2. The molecule has 2 aliphatic heterocycles. The molecule has 1 fully saturated rings. The quantitative estimate of drug-likeness (QED) is 0.844. The van der Waals surface area contributed by atoms with Gasteiger partial charge < -0.3 is 9.64 Å². The Bertz CT molecular complexity index is 778. The number of fused-ring (bicyclic) bond motifs is 1. The fraction of sp³-hybridized carbons (Fsp3) is 0.389. The second-order valence-corrected chi connectivity index (χ2v) is 6.24. The summed E-state index contributed by atoms with van der Waals surface area (Å²) in [6.45, 7) is 3.56. The van der Waals surface area contributed by atoms with Crippen molar-refractivity contribution in [2.75, 3.05) is 31.2 Å². The van der Waals surface area contributed by atoms with Crippen LogP contribution in [0.1, 0.15) is 22.3 Å². The zero-order chi connectivity index (χ0) is 17.2. The monoisotopic (exact) mass is 340 g/mol. The van der Waals surface area contributed by atoms with Crippen LogP contribution < -0.4 is 4.90 Å². The van der Waals surface area contributed by atoms with Crippen molar-refractivity contribution in [2.24, 2.45) is 0 Å². The summed E-state index contributed by atoms with van der Waals surface area (Å²) in [4.78, 5) is 28.3. The number of rotatable bonds is 3. The fourth-order valence-electron chi connectivity index (χ4n) is 3.25. The summed E-state index contributed by atoms with van der Waals surface area (Å²) in [6, 6.07) is 9.34. The second-order valence-electron chi connectivity index (χ2n) is 6.24. The fourth-order valence-corrected chi connectivity index (χ4v) is 3.25. The predicted octanol–water partition coefficient (Wildman–Crippen LogP) is 1.29. The zero-order valence-corrected chi connectivity index (χ0v) is 13.9. The number of anilines is 1. The molecule has 0 spiro atoms. The third-order valence-corrected chi connectivity index (χ3v) is 4.65. The van der Waals surface area contributed by atoms with E-state index in [1.807, 2.05) is 39.9 Å². The van der Waals surface area contributed by atoms with Gasteiger partial charge in [-0.1, -0.05) is 12.1 Å². The van der Waals surface area contributed by atoms with Crippen LogP contribution in [0.3, 0.4) is 0 Å². The van der Waals surface area contributed by atoms with Crippen LogP contribution in [-0.2, 0) is 22.6 Å². The Balaban J connectivity index is 1.48. The highest BCUT2D eigenvalue weighted by molar-refractivity contribution is 5.95. The van der Waals surface area contributed by atoms with Crippen LogP contribution in [0.2, 0.25) is 0 Å². The molecule has 0 atom stereocenters. The molecule has 2 amide bonds. The molecule has 1 aromatic carbocycles. The van der Waals surface area contributed by atoms with Crippen LogP contribution in [0, 0.1) is 0 Å². The van der Waals surface area contributed by atoms with E-state index in [1.54, 1.807) is 11.1 Å². The standard InChI is InChI=1S/C18H20N4O3/c23-17-6-8-22-16(5-7-19-22)21(17)13-14-1-3-15(4-2-14)18(24)20-9-11-25-12-10-20/h1-5,7H,6,8-13H2. The second kappa shape index (κ2) is 6.68. The normalized spacial score (nSPS) is 17.5. The van der Waals surface area contributed by atoms with Crippen molar-refractivity contribution in [2.45, 2.75) is 19.5 Å². The lowest BCUT2D eigenvalue weighted by molar-refractivity contribution is -0.119. The molecule has 0 bridgehead atoms. The Morgan fingerprint density at radius 1 is 1.08 bits per heavy atom. The summed E-state index contributed by atoms with van der Waals surface area (Å²) >= 11 is 0. The largest absolute Gasteiger partial charge is 0.378 e. The van der Waals surface area contributed by atoms with E-state index in [-0.39, 0.29) is 11.8 Å². The first kappa shape index (κ1) is 15.8. The molecule has 7 heteroatoms. The maximum absolute atomic E-state index is 12.5. The van der Waals surface area contributed by atoms with E-state index < -0.39 is 0 Å². The summed E-state index contributed by atoms with van der Waals surface area (Å²) in [5.74, 6) is 0.952. The number of amides is 2. The number of aromatic nitrogens is 2. The van der Waals surface area contributed by atoms with Crippen LogP contribution in [0.4, 0.5) is 5.82 Å². The van der Waals surface area contributed by atoms with Crippen LogP contribution in [0.15, 0.2) is 36.5 Å². The summed E-state index contributed by atoms with van der Waals surface area (Å²) < 4.78 is 7.13. The molecule has 130 valence electrons. The van der Waals surface area contributed by atoms with E-state index in [9.17, 15) is 9.59 Å². The van der Waals surface area contributed by atoms with E-state index >= 15 is 0 Å². The van der Waals surface area contributed by atoms with Crippen LogP contribution >= 0.6 is 0 Å². The number of nitrogens with zero attached hydrogens (tertiary/aromatic N) is 4. The van der Waals surface area contributed by atoms with Crippen molar-refractivity contribution < 1.29 is 14.3 Å². The van der Waals surface area contributed by atoms with Gasteiger partial charge >= 0.3 is 0 Å². The zero-order valence-electron chi connectivity index (χ0n) is 13.9. The highest BCUT2D eigenvalue weighted by atomic mass is 16.5. The van der Waals surface area contributed by atoms with Crippen molar-refractivity contribution in [1.29, 1.82) is 0 Å². The van der Waals surface area contributed by atoms with E-state index in [0.29, 0.717) is 51.4 Å². The van der Waals surface area contributed by atoms with Gasteiger partial charge in [-0.2, -0.15) is 5.10 Å². The van der Waals surface area contributed by atoms with Gasteiger partial charge in [-0.15, -0.1) is 0 Å². The van der Waals surface area contributed by atoms with Crippen molar-refractivity contribution in [1.82, 2.24) is 14.7 Å². The lowest BCUT2D eigenvalue weighted by Gasteiger charge is -2.28. The molecule has 4 rings (SSSR count). The molecule has 7 nitrogen and oxygen atoms in total. The topological polar surface area (TPSA) is 67.7 Å². The Kier molecular flexibility index (Phi) is 4.23. The molecule has 25 heavy (non-hydrogen) atoms. The van der Waals surface area contributed by atoms with Gasteiger partial charge in [0.2, 0.25) is 5.91 Å². The first-order valence-electron chi connectivity index (χ1n) is 8.50. The molecule has 0 unspecified atom stereocenters. The minimum absolute atomic E-state index is 0.0296. The van der Waals surface area contributed by atoms with Gasteiger partial charge in [0.05, 0.1) is 32.5 Å². The van der Waals surface area contributed by atoms with E-state index in [1.165, 1.54) is 0 Å². The molecule has 2 aliphatic rings. The third kappa shape index (κ3) is 3.15. The van der Waals surface area contributed by atoms with Gasteiger partial charge in [0.1, 0.15) is 5.82 Å². The van der Waals surface area contributed by atoms with Gasteiger partial charge in [0, 0.05) is 31.1 Å². The highest BCUT2D eigenvalue weighted by Crippen LogP contribution is 2.23. The van der Waals surface area contributed by atoms with Crippen LogP contribution in [0.25, 0.3) is 0 Å². The molecular formula is C18H20N4O3. The number of ether oxygens (including phenoxy) is 1. The maximum Gasteiger partial charge on any atom is 0.254 e. The summed E-state index contributed by atoms with van der Waals surface area (Å²) in [7, 11) is 0. The molecule has 0 aliphatic carbocycles. The van der Waals surface area contributed by atoms with E-state index in [4.69, 9.17) is 4.74 Å². The Hall–Kier alpha value is -2.67. The minimum atomic E-state index is 0.0296. The number of aryl methyl sites for hydroxylation is 1. The Morgan fingerprint density at radius 2 is 1.84 bits per heavy atom. The SMILES string of the molecule is O=C(c1ccc(CN2C(=O)CCn3nccc32)cc1)N1CCOCC1. The minimum Gasteiger partial charge on any atom is -0.378 e. The average molecular weight is 340 g/mol. The molecule has 1 saturated heterocycles. The van der Waals surface area contributed by atoms with Crippen LogP contribution in [0.5, 0.6) is 0 Å². The van der Waals surface area contributed by atoms with Crippen molar-refractivity contribution in [3.8, 4) is 0 Å². The van der Waals surface area contributed by atoms with E-state index in [0.717, 1.165) is 11.4 Å². The lowest BCUT2D eigenvalue weighted by atomic mass is 10.1. The van der Waals surface area contributed by atoms with Gasteiger partial charge in [-0.25, -0.2) is 4.68 Å². The highest BCUT2D eigenvalue weighted by Gasteiger charge is 2.25. The Morgan fingerprint density at radius 3 is 2.60 bits per heavy atom. The molecule has 1 aromatic heterocycles. The molecular weight excluding hydrogens is 320 g/mol. The smallest absolute Gasteiger partial charge is 0.254 e. The number of carbonyl (C=O) groups excluding carboxylic acids is 2. The first-order valence-corrected chi connectivity index (χ1v) is 8.50. The predicted molar refractivity (Wildman–Crippen MR) is 91.2 cm³/mol. The van der Waals surface area contributed by atoms with Gasteiger partial charge in [0.15, 0.2) is 0 Å². The van der Waals surface area contributed by atoms with Crippen molar-refractivity contribution >= 4 is 17.6 Å². The summed E-state index contributed by atoms with van der Waals surface area (Å²) in [5.41, 5.74) is 1.65.